The van der Waals surface area contributed by atoms with Crippen LogP contribution in [0.15, 0.2) is 69.8 Å². The second-order valence-corrected chi connectivity index (χ2v) is 11.2. The predicted octanol–water partition coefficient (Wildman–Crippen LogP) is 7.17. The van der Waals surface area contributed by atoms with Crippen molar-refractivity contribution < 1.29 is 40.7 Å². The molecule has 0 bridgehead atoms. The van der Waals surface area contributed by atoms with E-state index in [1.165, 1.54) is 29.2 Å². The van der Waals surface area contributed by atoms with Gasteiger partial charge < -0.3 is 20.3 Å². The third-order valence-electron chi connectivity index (χ3n) is 6.05. The van der Waals surface area contributed by atoms with Crippen LogP contribution in [0, 0.1) is 0 Å². The Hall–Kier alpha value is -3.49. The van der Waals surface area contributed by atoms with Crippen molar-refractivity contribution in [1.29, 1.82) is 0 Å². The number of nitrogens with zero attached hydrogens (tertiary/aromatic N) is 1. The maximum absolute atomic E-state index is 14.2. The van der Waals surface area contributed by atoms with Crippen molar-refractivity contribution in [1.82, 2.24) is 10.2 Å². The van der Waals surface area contributed by atoms with Crippen molar-refractivity contribution in [3.05, 3.63) is 81.6 Å². The van der Waals surface area contributed by atoms with Crippen LogP contribution in [0.1, 0.15) is 21.6 Å². The number of halogens is 6. The highest BCUT2D eigenvalue weighted by Gasteiger charge is 2.46. The summed E-state index contributed by atoms with van der Waals surface area (Å²) in [5, 5.41) is 7.17. The molecule has 6 nitrogen and oxygen atoms in total. The molecule has 14 heteroatoms. The van der Waals surface area contributed by atoms with Crippen LogP contribution in [-0.2, 0) is 28.3 Å². The summed E-state index contributed by atoms with van der Waals surface area (Å²) in [6.07, 6.45) is -8.51. The predicted molar refractivity (Wildman–Crippen MR) is 148 cm³/mol. The molecule has 2 heterocycles. The fourth-order valence-electron chi connectivity index (χ4n) is 4.15. The van der Waals surface area contributed by atoms with Gasteiger partial charge in [0.05, 0.1) is 24.3 Å². The van der Waals surface area contributed by atoms with Gasteiger partial charge in [0.25, 0.3) is 0 Å². The van der Waals surface area contributed by atoms with Crippen molar-refractivity contribution in [2.24, 2.45) is 0 Å². The molecule has 0 spiro atoms. The summed E-state index contributed by atoms with van der Waals surface area (Å²) in [4.78, 5) is 26.6. The first-order valence-electron chi connectivity index (χ1n) is 12.6. The maximum Gasteiger partial charge on any atom is 0.418 e. The van der Waals surface area contributed by atoms with Gasteiger partial charge in [-0.3, -0.25) is 4.79 Å². The van der Waals surface area contributed by atoms with Gasteiger partial charge in [0.1, 0.15) is 0 Å². The molecule has 1 aromatic heterocycles. The second kappa shape index (κ2) is 13.7. The van der Waals surface area contributed by atoms with Crippen molar-refractivity contribution in [2.75, 3.05) is 38.2 Å². The molecule has 224 valence electrons. The molecule has 1 aliphatic rings. The number of alkyl halides is 6. The van der Waals surface area contributed by atoms with Gasteiger partial charge in [-0.25, -0.2) is 4.79 Å². The minimum absolute atomic E-state index is 0.177. The lowest BCUT2D eigenvalue weighted by Crippen LogP contribution is -2.39. The van der Waals surface area contributed by atoms with Crippen molar-refractivity contribution in [3.8, 4) is 0 Å². The van der Waals surface area contributed by atoms with E-state index in [2.05, 4.69) is 10.6 Å². The van der Waals surface area contributed by atoms with Crippen LogP contribution >= 0.6 is 23.1 Å². The molecule has 1 fully saturated rings. The van der Waals surface area contributed by atoms with Gasteiger partial charge in [-0.1, -0.05) is 30.0 Å². The second-order valence-electron chi connectivity index (χ2n) is 9.01. The molecule has 1 aliphatic heterocycles. The Morgan fingerprint density at radius 1 is 0.976 bits per heavy atom. The summed E-state index contributed by atoms with van der Waals surface area (Å²) >= 11 is 2.03. The molecule has 2 aromatic carbocycles. The number of urea groups is 1. The van der Waals surface area contributed by atoms with Gasteiger partial charge >= 0.3 is 18.4 Å². The Morgan fingerprint density at radius 3 is 2.38 bits per heavy atom. The molecule has 4 rings (SSSR count). The van der Waals surface area contributed by atoms with Crippen LogP contribution in [0.2, 0.25) is 0 Å². The minimum Gasteiger partial charge on any atom is -0.378 e. The summed E-state index contributed by atoms with van der Waals surface area (Å²) < 4.78 is 90.1. The first-order chi connectivity index (χ1) is 19.9. The summed E-state index contributed by atoms with van der Waals surface area (Å²) in [6.45, 7) is 1.32. The molecule has 2 N–H and O–H groups in total. The molecule has 0 unspecified atom stereocenters. The van der Waals surface area contributed by atoms with Gasteiger partial charge in [-0.05, 0) is 53.8 Å². The lowest BCUT2D eigenvalue weighted by molar-refractivity contribution is -0.163. The van der Waals surface area contributed by atoms with Crippen molar-refractivity contribution in [2.45, 2.75) is 28.6 Å². The number of carbonyl (C=O) groups is 2. The number of carbonyl (C=O) groups excluding carboxylic acids is 2. The van der Waals surface area contributed by atoms with E-state index >= 15 is 0 Å². The van der Waals surface area contributed by atoms with E-state index in [-0.39, 0.29) is 36.9 Å². The van der Waals surface area contributed by atoms with Gasteiger partial charge in [-0.15, -0.1) is 11.3 Å². The Morgan fingerprint density at radius 2 is 1.71 bits per heavy atom. The minimum atomic E-state index is -5.37. The standard InChI is InChI=1S/C28H25F6N3O3S2/c29-27(30,31)24-18(7-9-23(38)37-12-14-40-15-13-37)6-8-22(25(24)28(32,33)34)42-21-4-1-3-19(17-21)36-26(39)35-11-10-20-5-2-16-41-20/h1-9,16-17H,10-15H2,(H2,35,36,39)/b9-7+. The van der Waals surface area contributed by atoms with E-state index in [4.69, 9.17) is 4.74 Å². The average molecular weight is 630 g/mol. The fourth-order valence-corrected chi connectivity index (χ4v) is 5.91. The van der Waals surface area contributed by atoms with E-state index in [1.807, 2.05) is 17.5 Å². The molecular weight excluding hydrogens is 604 g/mol. The lowest BCUT2D eigenvalue weighted by Gasteiger charge is -2.25. The van der Waals surface area contributed by atoms with Crippen molar-refractivity contribution >= 4 is 46.8 Å². The number of hydrogen-bond acceptors (Lipinski definition) is 5. The zero-order valence-corrected chi connectivity index (χ0v) is 23.5. The summed E-state index contributed by atoms with van der Waals surface area (Å²) in [5.74, 6) is -0.627. The first-order valence-corrected chi connectivity index (χ1v) is 14.3. The number of thiophene rings is 1. The highest BCUT2D eigenvalue weighted by Crippen LogP contribution is 2.48. The SMILES string of the molecule is O=C(NCCc1cccs1)Nc1cccc(Sc2ccc(/C=C/C(=O)N3CCOCC3)c(C(F)(F)F)c2C(F)(F)F)c1. The van der Waals surface area contributed by atoms with E-state index in [9.17, 15) is 35.9 Å². The normalized spacial score (nSPS) is 14.3. The van der Waals surface area contributed by atoms with Crippen LogP contribution in [0.25, 0.3) is 6.08 Å². The highest BCUT2D eigenvalue weighted by molar-refractivity contribution is 7.99. The molecule has 0 saturated carbocycles. The zero-order chi connectivity index (χ0) is 30.3. The maximum atomic E-state index is 14.2. The Kier molecular flexibility index (Phi) is 10.2. The van der Waals surface area contributed by atoms with Crippen LogP contribution in [0.5, 0.6) is 0 Å². The number of amides is 3. The van der Waals surface area contributed by atoms with E-state index in [1.54, 1.807) is 11.3 Å². The third-order valence-corrected chi connectivity index (χ3v) is 8.04. The number of hydrogen-bond donors (Lipinski definition) is 2. The van der Waals surface area contributed by atoms with E-state index in [0.29, 0.717) is 24.7 Å². The van der Waals surface area contributed by atoms with E-state index < -0.39 is 45.9 Å². The molecule has 0 radical (unpaired) electrons. The van der Waals surface area contributed by atoms with Gasteiger partial charge in [-0.2, -0.15) is 26.3 Å². The summed E-state index contributed by atoms with van der Waals surface area (Å²) in [6, 6.07) is 10.9. The summed E-state index contributed by atoms with van der Waals surface area (Å²) in [5.41, 5.74) is -4.27. The summed E-state index contributed by atoms with van der Waals surface area (Å²) in [7, 11) is 0. The lowest BCUT2D eigenvalue weighted by atomic mass is 9.99. The van der Waals surface area contributed by atoms with Gasteiger partial charge in [0.2, 0.25) is 5.91 Å². The average Bonchev–Trinajstić information content (AvgIpc) is 3.45. The molecule has 3 amide bonds. The number of anilines is 1. The van der Waals surface area contributed by atoms with Crippen LogP contribution in [0.4, 0.5) is 36.8 Å². The van der Waals surface area contributed by atoms with Crippen LogP contribution < -0.4 is 10.6 Å². The Labute approximate surface area is 245 Å². The van der Waals surface area contributed by atoms with Crippen LogP contribution in [0.3, 0.4) is 0 Å². The highest BCUT2D eigenvalue weighted by atomic mass is 32.2. The van der Waals surface area contributed by atoms with Gasteiger partial charge in [0, 0.05) is 46.1 Å². The molecule has 0 atom stereocenters. The quantitative estimate of drug-likeness (QED) is 0.205. The Bertz CT molecular complexity index is 1420. The smallest absolute Gasteiger partial charge is 0.378 e. The molecule has 1 saturated heterocycles. The number of benzene rings is 2. The number of morpholine rings is 1. The van der Waals surface area contributed by atoms with Crippen LogP contribution in [-0.4, -0.2) is 49.7 Å². The molecule has 3 aromatic rings. The molecular formula is C28H25F6N3O3S2. The number of ether oxygens (including phenoxy) is 1. The zero-order valence-electron chi connectivity index (χ0n) is 21.8. The monoisotopic (exact) mass is 629 g/mol. The number of nitrogens with one attached hydrogen (secondary N) is 2. The van der Waals surface area contributed by atoms with Gasteiger partial charge in [0.15, 0.2) is 0 Å². The molecule has 0 aliphatic carbocycles. The van der Waals surface area contributed by atoms with Crippen molar-refractivity contribution in [3.63, 3.8) is 0 Å². The largest absolute Gasteiger partial charge is 0.418 e. The molecule has 42 heavy (non-hydrogen) atoms. The third kappa shape index (κ3) is 8.52. The number of rotatable bonds is 8. The first kappa shape index (κ1) is 31.4. The fraction of sp³-hybridized carbons (Fsp3) is 0.286. The Balaban J connectivity index is 1.56. The van der Waals surface area contributed by atoms with E-state index in [0.717, 1.165) is 29.2 Å². The topological polar surface area (TPSA) is 70.7 Å².